The quantitative estimate of drug-likeness (QED) is 0.722. The highest BCUT2D eigenvalue weighted by molar-refractivity contribution is 5.29. The number of hydrogen-bond donors (Lipinski definition) is 0. The van der Waals surface area contributed by atoms with Gasteiger partial charge >= 0.3 is 0 Å². The Kier molecular flexibility index (Phi) is 4.06. The predicted molar refractivity (Wildman–Crippen MR) is 73.9 cm³/mol. The van der Waals surface area contributed by atoms with Crippen LogP contribution in [0.5, 0.6) is 0 Å². The normalized spacial score (nSPS) is 22.5. The zero-order valence-electron chi connectivity index (χ0n) is 11.3. The summed E-state index contributed by atoms with van der Waals surface area (Å²) in [4.78, 5) is 5.06. The lowest BCUT2D eigenvalue weighted by Gasteiger charge is -2.38. The summed E-state index contributed by atoms with van der Waals surface area (Å²) in [5.41, 5.74) is 2.82. The van der Waals surface area contributed by atoms with Crippen LogP contribution in [0.25, 0.3) is 0 Å². The van der Waals surface area contributed by atoms with Crippen LogP contribution in [0.1, 0.15) is 27.2 Å². The van der Waals surface area contributed by atoms with Gasteiger partial charge in [0.1, 0.15) is 0 Å². The molecule has 0 aromatic carbocycles. The van der Waals surface area contributed by atoms with E-state index < -0.39 is 0 Å². The second-order valence-corrected chi connectivity index (χ2v) is 5.33. The van der Waals surface area contributed by atoms with Gasteiger partial charge in [0.25, 0.3) is 0 Å². The van der Waals surface area contributed by atoms with Crippen LogP contribution in [0.3, 0.4) is 0 Å². The average molecular weight is 232 g/mol. The van der Waals surface area contributed by atoms with E-state index in [1.54, 1.807) is 0 Å². The Morgan fingerprint density at radius 3 is 2.41 bits per heavy atom. The van der Waals surface area contributed by atoms with E-state index >= 15 is 0 Å². The molecule has 1 aliphatic carbocycles. The summed E-state index contributed by atoms with van der Waals surface area (Å²) in [5, 5.41) is 0. The van der Waals surface area contributed by atoms with Gasteiger partial charge in [-0.1, -0.05) is 17.7 Å². The van der Waals surface area contributed by atoms with Crippen molar-refractivity contribution in [2.45, 2.75) is 33.2 Å². The number of nitrogens with zero attached hydrogens (tertiary/aromatic N) is 2. The van der Waals surface area contributed by atoms with E-state index in [1.807, 2.05) is 0 Å². The lowest BCUT2D eigenvalue weighted by Crippen LogP contribution is -2.48. The smallest absolute Gasteiger partial charge is 0.0363 e. The molecule has 1 saturated heterocycles. The van der Waals surface area contributed by atoms with Crippen LogP contribution in [0.2, 0.25) is 0 Å². The van der Waals surface area contributed by atoms with E-state index in [-0.39, 0.29) is 0 Å². The van der Waals surface area contributed by atoms with Crippen molar-refractivity contribution in [1.82, 2.24) is 9.80 Å². The number of rotatable bonds is 2. The van der Waals surface area contributed by atoms with E-state index in [0.717, 1.165) is 19.5 Å². The Balaban J connectivity index is 1.97. The molecular weight excluding hydrogens is 208 g/mol. The van der Waals surface area contributed by atoms with Crippen molar-refractivity contribution in [1.29, 1.82) is 0 Å². The van der Waals surface area contributed by atoms with Gasteiger partial charge in [-0.15, -0.1) is 0 Å². The van der Waals surface area contributed by atoms with Gasteiger partial charge in [0, 0.05) is 37.9 Å². The predicted octanol–water partition coefficient (Wildman–Crippen LogP) is 2.80. The standard InChI is InChI=1S/C15H24N2/c1-13(2)16-9-11-17(12-10-16)15-6-4-5-14(3)7-8-15/h4,6-8,13H,5,9-12H2,1-3H3. The van der Waals surface area contributed by atoms with Crippen LogP contribution in [0, 0.1) is 0 Å². The Labute approximate surface area is 105 Å². The molecule has 1 heterocycles. The Hall–Kier alpha value is -1.02. The fraction of sp³-hybridized carbons (Fsp3) is 0.600. The van der Waals surface area contributed by atoms with Gasteiger partial charge in [-0.25, -0.2) is 0 Å². The molecule has 0 aromatic rings. The second kappa shape index (κ2) is 5.54. The maximum atomic E-state index is 2.55. The molecule has 0 radical (unpaired) electrons. The molecule has 0 unspecified atom stereocenters. The monoisotopic (exact) mass is 232 g/mol. The number of hydrogen-bond acceptors (Lipinski definition) is 2. The second-order valence-electron chi connectivity index (χ2n) is 5.33. The highest BCUT2D eigenvalue weighted by Crippen LogP contribution is 2.16. The maximum Gasteiger partial charge on any atom is 0.0363 e. The Morgan fingerprint density at radius 2 is 1.76 bits per heavy atom. The molecule has 94 valence electrons. The lowest BCUT2D eigenvalue weighted by molar-refractivity contribution is 0.132. The molecule has 2 aliphatic rings. The molecule has 1 fully saturated rings. The molecular formula is C15H24N2. The van der Waals surface area contributed by atoms with Gasteiger partial charge in [-0.05, 0) is 39.3 Å². The third kappa shape index (κ3) is 3.22. The van der Waals surface area contributed by atoms with Crippen LogP contribution in [-0.2, 0) is 0 Å². The SMILES string of the molecule is CC1=CC=C(N2CCN(C(C)C)CC2)C=CC1. The van der Waals surface area contributed by atoms with Crippen LogP contribution in [0.15, 0.2) is 35.6 Å². The van der Waals surface area contributed by atoms with E-state index in [9.17, 15) is 0 Å². The van der Waals surface area contributed by atoms with Crippen LogP contribution in [0.4, 0.5) is 0 Å². The third-order valence-corrected chi connectivity index (χ3v) is 3.68. The zero-order chi connectivity index (χ0) is 12.3. The first-order valence-corrected chi connectivity index (χ1v) is 6.70. The van der Waals surface area contributed by atoms with E-state index in [1.165, 1.54) is 24.4 Å². The van der Waals surface area contributed by atoms with Crippen molar-refractivity contribution in [2.24, 2.45) is 0 Å². The summed E-state index contributed by atoms with van der Waals surface area (Å²) in [6.07, 6.45) is 10.2. The topological polar surface area (TPSA) is 6.48 Å². The van der Waals surface area contributed by atoms with E-state index in [2.05, 4.69) is 54.9 Å². The highest BCUT2D eigenvalue weighted by Gasteiger charge is 2.19. The molecule has 0 amide bonds. The largest absolute Gasteiger partial charge is 0.369 e. The first-order valence-electron chi connectivity index (χ1n) is 6.70. The molecule has 2 rings (SSSR count). The molecule has 0 aromatic heterocycles. The van der Waals surface area contributed by atoms with Crippen molar-refractivity contribution in [3.63, 3.8) is 0 Å². The van der Waals surface area contributed by atoms with Gasteiger partial charge in [-0.3, -0.25) is 4.90 Å². The molecule has 2 nitrogen and oxygen atoms in total. The molecule has 0 spiro atoms. The van der Waals surface area contributed by atoms with Crippen molar-refractivity contribution in [2.75, 3.05) is 26.2 Å². The summed E-state index contributed by atoms with van der Waals surface area (Å²) >= 11 is 0. The first kappa shape index (κ1) is 12.4. The minimum atomic E-state index is 0.679. The fourth-order valence-electron chi connectivity index (χ4n) is 2.42. The summed E-state index contributed by atoms with van der Waals surface area (Å²) in [6, 6.07) is 0.679. The van der Waals surface area contributed by atoms with Gasteiger partial charge in [-0.2, -0.15) is 0 Å². The minimum absolute atomic E-state index is 0.679. The summed E-state index contributed by atoms with van der Waals surface area (Å²) in [6.45, 7) is 11.4. The molecule has 1 aliphatic heterocycles. The van der Waals surface area contributed by atoms with Crippen LogP contribution in [-0.4, -0.2) is 42.0 Å². The fourth-order valence-corrected chi connectivity index (χ4v) is 2.42. The van der Waals surface area contributed by atoms with Crippen molar-refractivity contribution >= 4 is 0 Å². The first-order chi connectivity index (χ1) is 8.16. The van der Waals surface area contributed by atoms with E-state index in [0.29, 0.717) is 6.04 Å². The van der Waals surface area contributed by atoms with Crippen molar-refractivity contribution in [3.05, 3.63) is 35.6 Å². The summed E-state index contributed by atoms with van der Waals surface area (Å²) in [7, 11) is 0. The van der Waals surface area contributed by atoms with Gasteiger partial charge in [0.05, 0.1) is 0 Å². The summed E-state index contributed by atoms with van der Waals surface area (Å²) in [5.74, 6) is 0. The lowest BCUT2D eigenvalue weighted by atomic mass is 10.2. The van der Waals surface area contributed by atoms with Gasteiger partial charge in [0.15, 0.2) is 0 Å². The number of piperazine rings is 1. The molecule has 0 atom stereocenters. The van der Waals surface area contributed by atoms with E-state index in [4.69, 9.17) is 0 Å². The zero-order valence-corrected chi connectivity index (χ0v) is 11.3. The molecule has 0 N–H and O–H groups in total. The van der Waals surface area contributed by atoms with Gasteiger partial charge < -0.3 is 4.90 Å². The Bertz CT molecular complexity index is 342. The number of allylic oxidation sites excluding steroid dienone is 5. The molecule has 2 heteroatoms. The molecule has 0 saturated carbocycles. The van der Waals surface area contributed by atoms with Crippen molar-refractivity contribution < 1.29 is 0 Å². The maximum absolute atomic E-state index is 2.55. The Morgan fingerprint density at radius 1 is 1.06 bits per heavy atom. The van der Waals surface area contributed by atoms with Crippen molar-refractivity contribution in [3.8, 4) is 0 Å². The van der Waals surface area contributed by atoms with Gasteiger partial charge in [0.2, 0.25) is 0 Å². The average Bonchev–Trinajstić information content (AvgIpc) is 2.54. The summed E-state index contributed by atoms with van der Waals surface area (Å²) < 4.78 is 0. The molecule has 0 bridgehead atoms. The van der Waals surface area contributed by atoms with Crippen LogP contribution < -0.4 is 0 Å². The minimum Gasteiger partial charge on any atom is -0.369 e. The highest BCUT2D eigenvalue weighted by atomic mass is 15.3. The third-order valence-electron chi connectivity index (χ3n) is 3.68. The molecule has 17 heavy (non-hydrogen) atoms. The van der Waals surface area contributed by atoms with Crippen LogP contribution >= 0.6 is 0 Å².